The van der Waals surface area contributed by atoms with Gasteiger partial charge in [-0.25, -0.2) is 4.79 Å². The molecule has 0 aromatic heterocycles. The van der Waals surface area contributed by atoms with Gasteiger partial charge in [0.25, 0.3) is 0 Å². The quantitative estimate of drug-likeness (QED) is 0.515. The van der Waals surface area contributed by atoms with Crippen molar-refractivity contribution in [3.05, 3.63) is 12.2 Å². The molecule has 0 saturated carbocycles. The molecule has 0 heterocycles. The summed E-state index contributed by atoms with van der Waals surface area (Å²) in [4.78, 5) is 10.9. The summed E-state index contributed by atoms with van der Waals surface area (Å²) in [5.41, 5.74) is -0.989. The molecule has 1 atom stereocenters. The van der Waals surface area contributed by atoms with Crippen LogP contribution >= 0.6 is 0 Å². The van der Waals surface area contributed by atoms with Crippen LogP contribution in [-0.4, -0.2) is 22.8 Å². The number of hydrogen-bond donors (Lipinski definition) is 1. The Balaban J connectivity index is 4.01. The molecule has 3 heteroatoms. The largest absolute Gasteiger partial charge is 0.456 e. The lowest BCUT2D eigenvalue weighted by molar-refractivity contribution is -0.153. The van der Waals surface area contributed by atoms with Crippen LogP contribution in [0.4, 0.5) is 0 Å². The molecule has 0 rings (SSSR count). The first-order valence-corrected chi connectivity index (χ1v) is 3.93. The van der Waals surface area contributed by atoms with Gasteiger partial charge in [0.1, 0.15) is 6.10 Å². The summed E-state index contributed by atoms with van der Waals surface area (Å²) < 4.78 is 4.88. The Bertz CT molecular complexity index is 177. The van der Waals surface area contributed by atoms with Gasteiger partial charge in [-0.2, -0.15) is 0 Å². The SMILES string of the molecule is C/C=C/C(=O)OC(C)C(C)(C)O. The smallest absolute Gasteiger partial charge is 0.330 e. The molecular formula is C9H16O3. The van der Waals surface area contributed by atoms with Gasteiger partial charge in [0, 0.05) is 6.08 Å². The molecule has 0 amide bonds. The molecule has 0 aliphatic carbocycles. The zero-order valence-corrected chi connectivity index (χ0v) is 8.00. The van der Waals surface area contributed by atoms with Crippen molar-refractivity contribution in [1.29, 1.82) is 0 Å². The number of carbonyl (C=O) groups excluding carboxylic acids is 1. The Morgan fingerprint density at radius 3 is 2.42 bits per heavy atom. The van der Waals surface area contributed by atoms with Gasteiger partial charge in [0.15, 0.2) is 0 Å². The van der Waals surface area contributed by atoms with E-state index in [1.165, 1.54) is 6.08 Å². The minimum Gasteiger partial charge on any atom is -0.456 e. The van der Waals surface area contributed by atoms with E-state index in [0.29, 0.717) is 0 Å². The molecule has 0 aromatic carbocycles. The number of rotatable bonds is 3. The molecule has 1 N–H and O–H groups in total. The van der Waals surface area contributed by atoms with E-state index >= 15 is 0 Å². The first-order chi connectivity index (χ1) is 5.38. The Labute approximate surface area is 73.0 Å². The average Bonchev–Trinajstić information content (AvgIpc) is 1.85. The highest BCUT2D eigenvalue weighted by Gasteiger charge is 2.24. The first-order valence-electron chi connectivity index (χ1n) is 3.93. The van der Waals surface area contributed by atoms with E-state index in [9.17, 15) is 9.90 Å². The molecule has 12 heavy (non-hydrogen) atoms. The Hall–Kier alpha value is -0.830. The molecule has 0 aromatic rings. The molecule has 0 aliphatic rings. The summed E-state index contributed by atoms with van der Waals surface area (Å²) in [6, 6.07) is 0. The van der Waals surface area contributed by atoms with Crippen molar-refractivity contribution in [3.8, 4) is 0 Å². The molecule has 70 valence electrons. The van der Waals surface area contributed by atoms with Crippen molar-refractivity contribution in [2.24, 2.45) is 0 Å². The second-order valence-corrected chi connectivity index (χ2v) is 3.23. The maximum Gasteiger partial charge on any atom is 0.330 e. The van der Waals surface area contributed by atoms with E-state index in [0.717, 1.165) is 0 Å². The van der Waals surface area contributed by atoms with Crippen LogP contribution in [0.25, 0.3) is 0 Å². The van der Waals surface area contributed by atoms with E-state index in [1.54, 1.807) is 33.8 Å². The van der Waals surface area contributed by atoms with Crippen molar-refractivity contribution in [3.63, 3.8) is 0 Å². The van der Waals surface area contributed by atoms with Gasteiger partial charge in [0.05, 0.1) is 5.60 Å². The van der Waals surface area contributed by atoms with Gasteiger partial charge >= 0.3 is 5.97 Å². The van der Waals surface area contributed by atoms with E-state index in [-0.39, 0.29) is 0 Å². The zero-order chi connectivity index (χ0) is 9.78. The highest BCUT2D eigenvalue weighted by Crippen LogP contribution is 2.11. The van der Waals surface area contributed by atoms with E-state index in [1.807, 2.05) is 0 Å². The lowest BCUT2D eigenvalue weighted by Crippen LogP contribution is -2.36. The minimum absolute atomic E-state index is 0.424. The standard InChI is InChI=1S/C9H16O3/c1-5-6-8(10)12-7(2)9(3,4)11/h5-7,11H,1-4H3/b6-5+. The van der Waals surface area contributed by atoms with E-state index in [2.05, 4.69) is 0 Å². The molecule has 0 spiro atoms. The third-order valence-electron chi connectivity index (χ3n) is 1.59. The van der Waals surface area contributed by atoms with Crippen molar-refractivity contribution < 1.29 is 14.6 Å². The first kappa shape index (κ1) is 11.2. The molecule has 0 radical (unpaired) electrons. The fourth-order valence-corrected chi connectivity index (χ4v) is 0.494. The van der Waals surface area contributed by atoms with E-state index < -0.39 is 17.7 Å². The van der Waals surface area contributed by atoms with Crippen LogP contribution in [0.5, 0.6) is 0 Å². The Morgan fingerprint density at radius 2 is 2.08 bits per heavy atom. The number of allylic oxidation sites excluding steroid dienone is 1. The number of aliphatic hydroxyl groups is 1. The summed E-state index contributed by atoms with van der Waals surface area (Å²) >= 11 is 0. The van der Waals surface area contributed by atoms with Gasteiger partial charge in [-0.1, -0.05) is 6.08 Å². The fourth-order valence-electron chi connectivity index (χ4n) is 0.494. The number of esters is 1. The monoisotopic (exact) mass is 172 g/mol. The van der Waals surface area contributed by atoms with Crippen molar-refractivity contribution in [1.82, 2.24) is 0 Å². The molecule has 0 saturated heterocycles. The fraction of sp³-hybridized carbons (Fsp3) is 0.667. The topological polar surface area (TPSA) is 46.5 Å². The Morgan fingerprint density at radius 1 is 1.58 bits per heavy atom. The minimum atomic E-state index is -0.989. The summed E-state index contributed by atoms with van der Waals surface area (Å²) in [6.45, 7) is 6.58. The zero-order valence-electron chi connectivity index (χ0n) is 8.00. The summed E-state index contributed by atoms with van der Waals surface area (Å²) in [7, 11) is 0. The van der Waals surface area contributed by atoms with Crippen LogP contribution in [0.1, 0.15) is 27.7 Å². The number of carbonyl (C=O) groups is 1. The molecule has 0 fully saturated rings. The molecule has 3 nitrogen and oxygen atoms in total. The number of hydrogen-bond acceptors (Lipinski definition) is 3. The summed E-state index contributed by atoms with van der Waals surface area (Å²) in [6.07, 6.45) is 2.42. The average molecular weight is 172 g/mol. The Kier molecular flexibility index (Phi) is 3.96. The van der Waals surface area contributed by atoms with Gasteiger partial charge in [-0.3, -0.25) is 0 Å². The normalized spacial score (nSPS) is 14.8. The maximum absolute atomic E-state index is 10.9. The van der Waals surface area contributed by atoms with Crippen molar-refractivity contribution in [2.45, 2.75) is 39.4 Å². The summed E-state index contributed by atoms with van der Waals surface area (Å²) in [5.74, 6) is -0.424. The predicted molar refractivity (Wildman–Crippen MR) is 46.7 cm³/mol. The van der Waals surface area contributed by atoms with Gasteiger partial charge in [-0.15, -0.1) is 0 Å². The van der Waals surface area contributed by atoms with Crippen molar-refractivity contribution >= 4 is 5.97 Å². The third kappa shape index (κ3) is 4.13. The van der Waals surface area contributed by atoms with E-state index in [4.69, 9.17) is 4.74 Å². The predicted octanol–water partition coefficient (Wildman–Crippen LogP) is 1.27. The molecule has 0 aliphatic heterocycles. The molecule has 0 bridgehead atoms. The summed E-state index contributed by atoms with van der Waals surface area (Å²) in [5, 5.41) is 9.40. The second-order valence-electron chi connectivity index (χ2n) is 3.23. The van der Waals surface area contributed by atoms with Gasteiger partial charge < -0.3 is 9.84 Å². The number of ether oxygens (including phenoxy) is 1. The molecule has 1 unspecified atom stereocenters. The third-order valence-corrected chi connectivity index (χ3v) is 1.59. The van der Waals surface area contributed by atoms with Crippen LogP contribution in [0, 0.1) is 0 Å². The lowest BCUT2D eigenvalue weighted by atomic mass is 10.0. The van der Waals surface area contributed by atoms with Crippen LogP contribution in [0.15, 0.2) is 12.2 Å². The van der Waals surface area contributed by atoms with Gasteiger partial charge in [0.2, 0.25) is 0 Å². The maximum atomic E-state index is 10.9. The van der Waals surface area contributed by atoms with Crippen molar-refractivity contribution in [2.75, 3.05) is 0 Å². The lowest BCUT2D eigenvalue weighted by Gasteiger charge is -2.24. The van der Waals surface area contributed by atoms with Crippen LogP contribution in [-0.2, 0) is 9.53 Å². The van der Waals surface area contributed by atoms with Gasteiger partial charge in [-0.05, 0) is 27.7 Å². The van der Waals surface area contributed by atoms with Crippen LogP contribution < -0.4 is 0 Å². The molecular weight excluding hydrogens is 156 g/mol. The van der Waals surface area contributed by atoms with Crippen LogP contribution in [0.3, 0.4) is 0 Å². The van der Waals surface area contributed by atoms with Crippen LogP contribution in [0.2, 0.25) is 0 Å². The second kappa shape index (κ2) is 4.26. The highest BCUT2D eigenvalue weighted by atomic mass is 16.6. The highest BCUT2D eigenvalue weighted by molar-refractivity contribution is 5.81.